The molecule has 3 aromatic rings. The normalized spacial score (nSPS) is 15.1. The molecule has 144 valence electrons. The highest BCUT2D eigenvalue weighted by Gasteiger charge is 2.32. The van der Waals surface area contributed by atoms with Crippen molar-refractivity contribution in [2.75, 3.05) is 17.3 Å². The van der Waals surface area contributed by atoms with Gasteiger partial charge in [0.05, 0.1) is 5.92 Å². The highest BCUT2D eigenvalue weighted by atomic mass is 16.5. The number of hydrogen-bond acceptors (Lipinski definition) is 3. The number of rotatable bonds is 2. The van der Waals surface area contributed by atoms with E-state index in [0.717, 1.165) is 28.1 Å². The first-order valence-electron chi connectivity index (χ1n) is 9.68. The zero-order valence-electron chi connectivity index (χ0n) is 16.0. The van der Waals surface area contributed by atoms with Crippen molar-refractivity contribution in [2.24, 2.45) is 0 Å². The molecule has 2 heterocycles. The van der Waals surface area contributed by atoms with Gasteiger partial charge in [-0.3, -0.25) is 9.59 Å². The van der Waals surface area contributed by atoms with Crippen molar-refractivity contribution < 1.29 is 14.3 Å². The summed E-state index contributed by atoms with van der Waals surface area (Å²) in [5.41, 5.74) is 4.41. The number of amides is 2. The molecule has 0 radical (unpaired) electrons. The number of nitrogens with one attached hydrogen (secondary N) is 1. The van der Waals surface area contributed by atoms with E-state index in [1.807, 2.05) is 66.7 Å². The maximum atomic E-state index is 13.3. The Hall–Kier alpha value is -3.60. The Labute approximate surface area is 168 Å². The summed E-state index contributed by atoms with van der Waals surface area (Å²) >= 11 is 0. The molecule has 0 fully saturated rings. The number of ether oxygens (including phenoxy) is 1. The third-order valence-corrected chi connectivity index (χ3v) is 5.63. The van der Waals surface area contributed by atoms with Crippen molar-refractivity contribution in [1.29, 1.82) is 0 Å². The van der Waals surface area contributed by atoms with E-state index in [4.69, 9.17) is 4.74 Å². The fourth-order valence-electron chi connectivity index (χ4n) is 4.14. The van der Waals surface area contributed by atoms with E-state index in [0.29, 0.717) is 24.3 Å². The van der Waals surface area contributed by atoms with Gasteiger partial charge < -0.3 is 15.0 Å². The molecule has 0 saturated carbocycles. The van der Waals surface area contributed by atoms with Gasteiger partial charge in [-0.2, -0.15) is 0 Å². The van der Waals surface area contributed by atoms with Crippen LogP contribution >= 0.6 is 0 Å². The van der Waals surface area contributed by atoms with E-state index in [2.05, 4.69) is 5.32 Å². The van der Waals surface area contributed by atoms with Crippen LogP contribution in [0.2, 0.25) is 0 Å². The highest BCUT2D eigenvalue weighted by Crippen LogP contribution is 2.44. The Morgan fingerprint density at radius 1 is 0.966 bits per heavy atom. The second-order valence-corrected chi connectivity index (χ2v) is 7.40. The van der Waals surface area contributed by atoms with Crippen LogP contribution in [0.4, 0.5) is 11.4 Å². The summed E-state index contributed by atoms with van der Waals surface area (Å²) in [7, 11) is 1.79. The number of anilines is 2. The maximum Gasteiger partial charge on any atom is 0.236 e. The standard InChI is InChI=1S/C24H20N2O3/c1-26-19-12-11-16(14-15(19)10-13-22(26)27)25-24(28)23-17-6-2-4-8-20(17)29-21-9-5-3-7-18(21)23/h2-9,11-12,14,23H,10,13H2,1H3,(H,25,28). The molecule has 2 amide bonds. The Bertz CT molecular complexity index is 1090. The van der Waals surface area contributed by atoms with Crippen LogP contribution in [0.1, 0.15) is 29.0 Å². The van der Waals surface area contributed by atoms with E-state index in [9.17, 15) is 9.59 Å². The lowest BCUT2D eigenvalue weighted by Crippen LogP contribution is -2.31. The van der Waals surface area contributed by atoms with Crippen molar-refractivity contribution in [3.05, 3.63) is 83.4 Å². The quantitative estimate of drug-likeness (QED) is 0.709. The van der Waals surface area contributed by atoms with Crippen molar-refractivity contribution in [3.63, 3.8) is 0 Å². The molecule has 5 nitrogen and oxygen atoms in total. The number of benzene rings is 3. The number of aryl methyl sites for hydroxylation is 1. The molecule has 0 aromatic heterocycles. The smallest absolute Gasteiger partial charge is 0.236 e. The predicted octanol–water partition coefficient (Wildman–Crippen LogP) is 4.47. The zero-order valence-corrected chi connectivity index (χ0v) is 16.0. The molecular formula is C24H20N2O3. The van der Waals surface area contributed by atoms with Gasteiger partial charge in [-0.05, 0) is 42.3 Å². The Morgan fingerprint density at radius 2 is 1.62 bits per heavy atom. The lowest BCUT2D eigenvalue weighted by Gasteiger charge is -2.28. The zero-order chi connectivity index (χ0) is 20.0. The van der Waals surface area contributed by atoms with Gasteiger partial charge in [0.25, 0.3) is 0 Å². The SMILES string of the molecule is CN1C(=O)CCc2cc(NC(=O)C3c4ccccc4Oc4ccccc43)ccc21. The molecule has 0 spiro atoms. The van der Waals surface area contributed by atoms with Crippen molar-refractivity contribution in [2.45, 2.75) is 18.8 Å². The van der Waals surface area contributed by atoms with E-state index < -0.39 is 5.92 Å². The average Bonchev–Trinajstić information content (AvgIpc) is 2.74. The van der Waals surface area contributed by atoms with Crippen LogP contribution in [0.5, 0.6) is 11.5 Å². The van der Waals surface area contributed by atoms with Gasteiger partial charge in [-0.1, -0.05) is 36.4 Å². The summed E-state index contributed by atoms with van der Waals surface area (Å²) in [4.78, 5) is 26.9. The molecule has 0 saturated heterocycles. The van der Waals surface area contributed by atoms with Gasteiger partial charge in [-0.15, -0.1) is 0 Å². The Morgan fingerprint density at radius 3 is 2.31 bits per heavy atom. The van der Waals surface area contributed by atoms with Gasteiger partial charge in [0.15, 0.2) is 0 Å². The summed E-state index contributed by atoms with van der Waals surface area (Å²) in [6.45, 7) is 0. The van der Waals surface area contributed by atoms with Gasteiger partial charge >= 0.3 is 0 Å². The molecule has 2 aliphatic rings. The summed E-state index contributed by atoms with van der Waals surface area (Å²) in [6, 6.07) is 21.0. The summed E-state index contributed by atoms with van der Waals surface area (Å²) in [5, 5.41) is 3.07. The van der Waals surface area contributed by atoms with Crippen LogP contribution in [-0.4, -0.2) is 18.9 Å². The van der Waals surface area contributed by atoms with Gasteiger partial charge in [0, 0.05) is 36.0 Å². The summed E-state index contributed by atoms with van der Waals surface area (Å²) in [5.74, 6) is 0.975. The molecule has 0 unspecified atom stereocenters. The predicted molar refractivity (Wildman–Crippen MR) is 112 cm³/mol. The van der Waals surface area contributed by atoms with Crippen molar-refractivity contribution in [1.82, 2.24) is 0 Å². The van der Waals surface area contributed by atoms with Crippen LogP contribution in [0.3, 0.4) is 0 Å². The summed E-state index contributed by atoms with van der Waals surface area (Å²) in [6.07, 6.45) is 1.17. The third kappa shape index (κ3) is 2.95. The van der Waals surface area contributed by atoms with Crippen molar-refractivity contribution >= 4 is 23.2 Å². The van der Waals surface area contributed by atoms with Crippen LogP contribution in [0.15, 0.2) is 66.7 Å². The molecule has 2 aliphatic heterocycles. The summed E-state index contributed by atoms with van der Waals surface area (Å²) < 4.78 is 5.99. The van der Waals surface area contributed by atoms with Gasteiger partial charge in [-0.25, -0.2) is 0 Å². The Balaban J connectivity index is 1.49. The van der Waals surface area contributed by atoms with Crippen molar-refractivity contribution in [3.8, 4) is 11.5 Å². The molecule has 0 aliphatic carbocycles. The lowest BCUT2D eigenvalue weighted by atomic mass is 9.87. The van der Waals surface area contributed by atoms with Gasteiger partial charge in [0.1, 0.15) is 11.5 Å². The van der Waals surface area contributed by atoms with Crippen LogP contribution < -0.4 is 15.0 Å². The molecule has 3 aromatic carbocycles. The maximum absolute atomic E-state index is 13.3. The second-order valence-electron chi connectivity index (χ2n) is 7.40. The third-order valence-electron chi connectivity index (χ3n) is 5.63. The van der Waals surface area contributed by atoms with Crippen LogP contribution in [0.25, 0.3) is 0 Å². The lowest BCUT2D eigenvalue weighted by molar-refractivity contribution is -0.118. The number of para-hydroxylation sites is 2. The topological polar surface area (TPSA) is 58.6 Å². The molecule has 5 rings (SSSR count). The minimum atomic E-state index is -0.448. The monoisotopic (exact) mass is 384 g/mol. The van der Waals surface area contributed by atoms with E-state index in [-0.39, 0.29) is 11.8 Å². The average molecular weight is 384 g/mol. The minimum Gasteiger partial charge on any atom is -0.457 e. The molecular weight excluding hydrogens is 364 g/mol. The molecule has 29 heavy (non-hydrogen) atoms. The fourth-order valence-corrected chi connectivity index (χ4v) is 4.14. The second kappa shape index (κ2) is 6.78. The molecule has 5 heteroatoms. The number of nitrogens with zero attached hydrogens (tertiary/aromatic N) is 1. The van der Waals surface area contributed by atoms with E-state index >= 15 is 0 Å². The fraction of sp³-hybridized carbons (Fsp3) is 0.167. The van der Waals surface area contributed by atoms with E-state index in [1.54, 1.807) is 11.9 Å². The van der Waals surface area contributed by atoms with Crippen LogP contribution in [-0.2, 0) is 16.0 Å². The van der Waals surface area contributed by atoms with Gasteiger partial charge in [0.2, 0.25) is 11.8 Å². The number of carbonyl (C=O) groups excluding carboxylic acids is 2. The molecule has 1 N–H and O–H groups in total. The largest absolute Gasteiger partial charge is 0.457 e. The number of fused-ring (bicyclic) bond motifs is 3. The molecule has 0 bridgehead atoms. The van der Waals surface area contributed by atoms with Crippen LogP contribution in [0, 0.1) is 0 Å². The minimum absolute atomic E-state index is 0.103. The molecule has 0 atom stereocenters. The highest BCUT2D eigenvalue weighted by molar-refractivity contribution is 6.01. The number of carbonyl (C=O) groups is 2. The Kier molecular flexibility index (Phi) is 4.09. The first-order chi connectivity index (χ1) is 14.1. The first kappa shape index (κ1) is 17.5. The first-order valence-corrected chi connectivity index (χ1v) is 9.68. The van der Waals surface area contributed by atoms with E-state index in [1.165, 1.54) is 0 Å². The number of hydrogen-bond donors (Lipinski definition) is 1.